The first-order chi connectivity index (χ1) is 11.0. The fourth-order valence-electron chi connectivity index (χ4n) is 2.33. The van der Waals surface area contributed by atoms with E-state index < -0.39 is 12.0 Å². The van der Waals surface area contributed by atoms with Crippen LogP contribution in [0.1, 0.15) is 29.6 Å². The van der Waals surface area contributed by atoms with Gasteiger partial charge in [0.25, 0.3) is 0 Å². The van der Waals surface area contributed by atoms with Gasteiger partial charge in [-0.15, -0.1) is 0 Å². The van der Waals surface area contributed by atoms with Crippen LogP contribution >= 0.6 is 0 Å². The minimum atomic E-state index is -0.714. The molecule has 23 heavy (non-hydrogen) atoms. The molecule has 1 aromatic carbocycles. The molecule has 2 rings (SSSR count). The summed E-state index contributed by atoms with van der Waals surface area (Å²) >= 11 is 0. The molecule has 1 heterocycles. The van der Waals surface area contributed by atoms with E-state index in [9.17, 15) is 4.79 Å². The number of carbonyl (C=O) groups is 1. The van der Waals surface area contributed by atoms with Crippen LogP contribution in [0.3, 0.4) is 0 Å². The van der Waals surface area contributed by atoms with Gasteiger partial charge in [-0.25, -0.2) is 0 Å². The van der Waals surface area contributed by atoms with E-state index in [0.29, 0.717) is 31.2 Å². The van der Waals surface area contributed by atoms with E-state index in [1.165, 1.54) is 0 Å². The van der Waals surface area contributed by atoms with Crippen molar-refractivity contribution in [1.29, 1.82) is 0 Å². The van der Waals surface area contributed by atoms with Gasteiger partial charge in [0.05, 0.1) is 6.61 Å². The molecule has 1 atom stereocenters. The lowest BCUT2D eigenvalue weighted by molar-refractivity contribution is -0.144. The quantitative estimate of drug-likeness (QED) is 0.795. The highest BCUT2D eigenvalue weighted by Crippen LogP contribution is 2.18. The molecular weight excluding hydrogens is 294 g/mol. The summed E-state index contributed by atoms with van der Waals surface area (Å²) in [5, 5.41) is 0. The van der Waals surface area contributed by atoms with Crippen LogP contribution in [0.4, 0.5) is 0 Å². The maximum Gasteiger partial charge on any atom is 0.323 e. The Morgan fingerprint density at radius 1 is 1.17 bits per heavy atom. The maximum atomic E-state index is 11.5. The number of aryl methyl sites for hydroxylation is 2. The number of nitrogens with two attached hydrogens (primary N) is 1. The zero-order valence-electron chi connectivity index (χ0n) is 13.8. The zero-order chi connectivity index (χ0) is 16.8. The monoisotopic (exact) mass is 317 g/mol. The van der Waals surface area contributed by atoms with Crippen LogP contribution < -0.4 is 10.5 Å². The van der Waals surface area contributed by atoms with Crippen molar-refractivity contribution in [3.05, 3.63) is 53.0 Å². The van der Waals surface area contributed by atoms with Gasteiger partial charge in [0.15, 0.2) is 0 Å². The highest BCUT2D eigenvalue weighted by Gasteiger charge is 2.17. The molecule has 0 radical (unpaired) electrons. The number of ether oxygens (including phenoxy) is 2. The van der Waals surface area contributed by atoms with Crippen LogP contribution in [-0.2, 0) is 22.6 Å². The Morgan fingerprint density at radius 2 is 1.83 bits per heavy atom. The number of benzene rings is 1. The number of hydrogen-bond donors (Lipinski definition) is 1. The van der Waals surface area contributed by atoms with Crippen molar-refractivity contribution in [2.75, 3.05) is 6.61 Å². The van der Waals surface area contributed by atoms with Crippen LogP contribution in [0.5, 0.6) is 5.75 Å². The minimum Gasteiger partial charge on any atom is -0.486 e. The van der Waals surface area contributed by atoms with E-state index >= 15 is 0 Å². The van der Waals surface area contributed by atoms with Gasteiger partial charge in [0.2, 0.25) is 0 Å². The van der Waals surface area contributed by atoms with Crippen molar-refractivity contribution in [2.45, 2.75) is 39.8 Å². The summed E-state index contributed by atoms with van der Waals surface area (Å²) in [7, 11) is 0. The molecule has 0 aliphatic carbocycles. The third-order valence-corrected chi connectivity index (χ3v) is 3.30. The number of rotatable bonds is 7. The molecule has 0 saturated heterocycles. The molecule has 1 aromatic heterocycles. The molecule has 2 N–H and O–H groups in total. The van der Waals surface area contributed by atoms with Gasteiger partial charge in [-0.3, -0.25) is 4.79 Å². The van der Waals surface area contributed by atoms with Crippen LogP contribution in [0.15, 0.2) is 34.7 Å². The molecule has 124 valence electrons. The fraction of sp³-hybridized carbons (Fsp3) is 0.389. The second kappa shape index (κ2) is 7.83. The number of esters is 1. The van der Waals surface area contributed by atoms with Crippen LogP contribution in [0, 0.1) is 13.8 Å². The molecule has 0 spiro atoms. The van der Waals surface area contributed by atoms with Crippen molar-refractivity contribution < 1.29 is 18.7 Å². The van der Waals surface area contributed by atoms with Gasteiger partial charge >= 0.3 is 5.97 Å². The molecule has 5 nitrogen and oxygen atoms in total. The molecule has 0 saturated carbocycles. The third-order valence-electron chi connectivity index (χ3n) is 3.30. The summed E-state index contributed by atoms with van der Waals surface area (Å²) in [4.78, 5) is 11.5. The van der Waals surface area contributed by atoms with E-state index in [1.54, 1.807) is 13.0 Å². The number of hydrogen-bond acceptors (Lipinski definition) is 5. The lowest BCUT2D eigenvalue weighted by Gasteiger charge is -2.09. The highest BCUT2D eigenvalue weighted by atomic mass is 16.5. The standard InChI is InChI=1S/C18H23NO4/c1-4-21-18(20)17(19)10-14-5-6-15(23-14)11-22-16-8-12(2)7-13(3)9-16/h5-9,17H,4,10-11,19H2,1-3H3. The largest absolute Gasteiger partial charge is 0.486 e. The lowest BCUT2D eigenvalue weighted by atomic mass is 10.1. The molecule has 5 heteroatoms. The Morgan fingerprint density at radius 3 is 2.48 bits per heavy atom. The van der Waals surface area contributed by atoms with Crippen molar-refractivity contribution in [1.82, 2.24) is 0 Å². The van der Waals surface area contributed by atoms with Gasteiger partial charge in [-0.1, -0.05) is 6.07 Å². The molecule has 0 aliphatic heterocycles. The van der Waals surface area contributed by atoms with Gasteiger partial charge in [-0.2, -0.15) is 0 Å². The summed E-state index contributed by atoms with van der Waals surface area (Å²) in [5.74, 6) is 1.72. The molecular formula is C18H23NO4. The van der Waals surface area contributed by atoms with E-state index in [0.717, 1.165) is 16.9 Å². The van der Waals surface area contributed by atoms with Gasteiger partial charge in [0, 0.05) is 6.42 Å². The first-order valence-corrected chi connectivity index (χ1v) is 7.69. The summed E-state index contributed by atoms with van der Waals surface area (Å²) in [6.07, 6.45) is 0.308. The van der Waals surface area contributed by atoms with Gasteiger partial charge in [-0.05, 0) is 56.2 Å². The first-order valence-electron chi connectivity index (χ1n) is 7.69. The summed E-state index contributed by atoms with van der Waals surface area (Å²) in [6, 6.07) is 8.97. The Bertz CT molecular complexity index is 643. The Labute approximate surface area is 136 Å². The van der Waals surface area contributed by atoms with E-state index in [1.807, 2.05) is 32.0 Å². The molecule has 0 bridgehead atoms. The number of carbonyl (C=O) groups excluding carboxylic acids is 1. The SMILES string of the molecule is CCOC(=O)C(N)Cc1ccc(COc2cc(C)cc(C)c2)o1. The van der Waals surface area contributed by atoms with Gasteiger partial charge < -0.3 is 19.6 Å². The van der Waals surface area contributed by atoms with Crippen LogP contribution in [0.25, 0.3) is 0 Å². The van der Waals surface area contributed by atoms with Gasteiger partial charge in [0.1, 0.15) is 29.9 Å². The maximum absolute atomic E-state index is 11.5. The molecule has 0 aliphatic rings. The highest BCUT2D eigenvalue weighted by molar-refractivity contribution is 5.75. The fourth-order valence-corrected chi connectivity index (χ4v) is 2.33. The van der Waals surface area contributed by atoms with E-state index in [-0.39, 0.29) is 0 Å². The van der Waals surface area contributed by atoms with Crippen LogP contribution in [-0.4, -0.2) is 18.6 Å². The smallest absolute Gasteiger partial charge is 0.323 e. The predicted octanol–water partition coefficient (Wildman–Crippen LogP) is 2.91. The molecule has 0 amide bonds. The minimum absolute atomic E-state index is 0.308. The van der Waals surface area contributed by atoms with E-state index in [4.69, 9.17) is 19.6 Å². The summed E-state index contributed by atoms with van der Waals surface area (Å²) in [6.45, 7) is 6.46. The Balaban J connectivity index is 1.90. The summed E-state index contributed by atoms with van der Waals surface area (Å²) < 4.78 is 16.3. The second-order valence-corrected chi connectivity index (χ2v) is 5.54. The van der Waals surface area contributed by atoms with Crippen molar-refractivity contribution in [3.8, 4) is 5.75 Å². The topological polar surface area (TPSA) is 74.7 Å². The summed E-state index contributed by atoms with van der Waals surface area (Å²) in [5.41, 5.74) is 8.08. The first kappa shape index (κ1) is 17.1. The van der Waals surface area contributed by atoms with Crippen molar-refractivity contribution in [2.24, 2.45) is 5.73 Å². The molecule has 2 aromatic rings. The second-order valence-electron chi connectivity index (χ2n) is 5.54. The predicted molar refractivity (Wildman–Crippen MR) is 87.3 cm³/mol. The van der Waals surface area contributed by atoms with Crippen LogP contribution in [0.2, 0.25) is 0 Å². The average molecular weight is 317 g/mol. The van der Waals surface area contributed by atoms with E-state index in [2.05, 4.69) is 6.07 Å². The van der Waals surface area contributed by atoms with Crippen molar-refractivity contribution in [3.63, 3.8) is 0 Å². The third kappa shape index (κ3) is 5.14. The Hall–Kier alpha value is -2.27. The lowest BCUT2D eigenvalue weighted by Crippen LogP contribution is -2.34. The normalized spacial score (nSPS) is 12.0. The number of furan rings is 1. The average Bonchev–Trinajstić information content (AvgIpc) is 2.92. The molecule has 1 unspecified atom stereocenters. The Kier molecular flexibility index (Phi) is 5.82. The van der Waals surface area contributed by atoms with Crippen molar-refractivity contribution >= 4 is 5.97 Å². The zero-order valence-corrected chi connectivity index (χ0v) is 13.8. The molecule has 0 fully saturated rings.